The first-order valence-corrected chi connectivity index (χ1v) is 23.9. The van der Waals surface area contributed by atoms with Crippen molar-refractivity contribution in [2.75, 3.05) is 62.2 Å². The van der Waals surface area contributed by atoms with Gasteiger partial charge in [-0.05, 0) is 57.9 Å². The number of aromatic nitrogens is 4. The largest absolute Gasteiger partial charge is 0.538 e. The number of hydrogen-bond acceptors (Lipinski definition) is 14. The van der Waals surface area contributed by atoms with Crippen molar-refractivity contribution in [1.82, 2.24) is 19.2 Å². The molecule has 0 saturated carbocycles. The van der Waals surface area contributed by atoms with Crippen molar-refractivity contribution in [3.05, 3.63) is 105 Å². The molecule has 2 saturated heterocycles. The minimum Gasteiger partial charge on any atom is -0.538 e. The number of piperazine rings is 2. The molecule has 8 rings (SSSR count). The van der Waals surface area contributed by atoms with E-state index in [0.717, 1.165) is 18.0 Å². The monoisotopic (exact) mass is 970 g/mol. The zero-order chi connectivity index (χ0) is 43.4. The second-order valence-electron chi connectivity index (χ2n) is 13.6. The van der Waals surface area contributed by atoms with E-state index in [1.54, 1.807) is 36.4 Å². The minimum absolute atomic E-state index is 0.0128. The van der Waals surface area contributed by atoms with E-state index in [1.807, 2.05) is 9.80 Å². The van der Waals surface area contributed by atoms with Gasteiger partial charge in [0.25, 0.3) is 0 Å². The Morgan fingerprint density at radius 1 is 0.492 bits per heavy atom. The molecule has 2 aliphatic heterocycles. The molecule has 2 aromatic heterocycles. The molecule has 4 heterocycles. The van der Waals surface area contributed by atoms with Gasteiger partial charge in [0, 0.05) is 76.6 Å². The third-order valence-corrected chi connectivity index (χ3v) is 16.8. The highest BCUT2D eigenvalue weighted by Crippen LogP contribution is 2.36. The van der Waals surface area contributed by atoms with Crippen LogP contribution >= 0.6 is 46.4 Å². The highest BCUT2D eigenvalue weighted by molar-refractivity contribution is 7.91. The fourth-order valence-corrected chi connectivity index (χ4v) is 12.6. The number of sulfone groups is 1. The van der Waals surface area contributed by atoms with Crippen molar-refractivity contribution >= 4 is 87.7 Å². The quantitative estimate of drug-likeness (QED) is 0.180. The Kier molecular flexibility index (Phi) is 11.6. The molecule has 18 nitrogen and oxygen atoms in total. The molecular formula is C36H30Cl4N8O10S3. The van der Waals surface area contributed by atoms with Crippen LogP contribution in [0.4, 0.5) is 11.4 Å². The van der Waals surface area contributed by atoms with Crippen molar-refractivity contribution in [3.8, 4) is 23.3 Å². The van der Waals surface area contributed by atoms with E-state index in [1.165, 1.54) is 48.5 Å². The predicted octanol–water partition coefficient (Wildman–Crippen LogP) is 2.83. The van der Waals surface area contributed by atoms with E-state index >= 15 is 0 Å². The van der Waals surface area contributed by atoms with Crippen LogP contribution in [0, 0.1) is 0 Å². The molecule has 2 aliphatic rings. The Morgan fingerprint density at radius 3 is 1.11 bits per heavy atom. The third-order valence-electron chi connectivity index (χ3n) is 10.1. The lowest BCUT2D eigenvalue weighted by molar-refractivity contribution is -0.706. The summed E-state index contributed by atoms with van der Waals surface area (Å²) >= 11 is 25.4. The Bertz CT molecular complexity index is 2740. The van der Waals surface area contributed by atoms with E-state index in [4.69, 9.17) is 55.4 Å². The van der Waals surface area contributed by atoms with E-state index in [0.29, 0.717) is 31.5 Å². The standard InChI is InChI=1S/C36H30Cl4N8O10S3/c37-27-3-1-4-28(38)31(27)43-15-19-45(20-16-43)60(53,54)33-35(49)57-41-47(33)23-7-11-25(12-8-23)59(51,52)26-13-9-24(10-14-26)48-34(36(50)58-42-48)61(55,56)46-21-17-44(18-22-46)32-29(39)5-2-6-30(32)40/h1-14H,15-22H2. The lowest BCUT2D eigenvalue weighted by Crippen LogP contribution is -2.51. The summed E-state index contributed by atoms with van der Waals surface area (Å²) in [5.74, 6) is -2.44. The molecule has 0 amide bonds. The molecule has 0 aliphatic carbocycles. The van der Waals surface area contributed by atoms with Gasteiger partial charge in [0.15, 0.2) is 11.9 Å². The van der Waals surface area contributed by atoms with E-state index in [-0.39, 0.29) is 73.5 Å². The fraction of sp³-hybridized carbons (Fsp3) is 0.222. The van der Waals surface area contributed by atoms with Gasteiger partial charge in [0.2, 0.25) is 21.2 Å². The van der Waals surface area contributed by atoms with Gasteiger partial charge in [-0.25, -0.2) is 25.3 Å². The first kappa shape index (κ1) is 43.0. The number of nitrogens with zero attached hydrogens (tertiary/aromatic N) is 8. The molecule has 0 radical (unpaired) electrons. The summed E-state index contributed by atoms with van der Waals surface area (Å²) in [5.41, 5.74) is 1.15. The van der Waals surface area contributed by atoms with Crippen molar-refractivity contribution in [1.29, 1.82) is 0 Å². The van der Waals surface area contributed by atoms with Crippen molar-refractivity contribution < 1.29 is 53.9 Å². The number of halogens is 4. The highest BCUT2D eigenvalue weighted by atomic mass is 35.5. The number of para-hydroxylation sites is 2. The van der Waals surface area contributed by atoms with Crippen molar-refractivity contribution in [2.24, 2.45) is 0 Å². The summed E-state index contributed by atoms with van der Waals surface area (Å²) in [7, 11) is -13.2. The van der Waals surface area contributed by atoms with Crippen LogP contribution in [0.3, 0.4) is 0 Å². The van der Waals surface area contributed by atoms with E-state index in [2.05, 4.69) is 10.5 Å². The summed E-state index contributed by atoms with van der Waals surface area (Å²) < 4.78 is 95.9. The lowest BCUT2D eigenvalue weighted by atomic mass is 10.2. The van der Waals surface area contributed by atoms with Gasteiger partial charge < -0.3 is 29.1 Å². The Balaban J connectivity index is 0.978. The maximum absolute atomic E-state index is 13.8. The summed E-state index contributed by atoms with van der Waals surface area (Å²) in [6, 6.07) is 19.8. The van der Waals surface area contributed by atoms with Crippen LogP contribution in [0.15, 0.2) is 114 Å². The first-order valence-electron chi connectivity index (χ1n) is 18.0. The van der Waals surface area contributed by atoms with Gasteiger partial charge in [-0.1, -0.05) is 58.5 Å². The smallest absolute Gasteiger partial charge is 0.368 e. The Morgan fingerprint density at radius 2 is 0.803 bits per heavy atom. The SMILES string of the molecule is O=S(=O)(c1ccc(-[n+]2noc([O-])c2S(=O)(=O)N2CCN(c3c(Cl)cccc3Cl)CC2)cc1)c1ccc(-[n+]2noc([O-])c2S(=O)(=O)N2CCN(c3c(Cl)cccc3Cl)CC2)cc1. The second-order valence-corrected chi connectivity index (χ2v) is 20.9. The van der Waals surface area contributed by atoms with Gasteiger partial charge in [0.1, 0.15) is 0 Å². The zero-order valence-corrected chi connectivity index (χ0v) is 36.6. The lowest BCUT2D eigenvalue weighted by Gasteiger charge is -2.35. The maximum atomic E-state index is 13.8. The normalized spacial score (nSPS) is 16.0. The van der Waals surface area contributed by atoms with Crippen LogP contribution in [-0.2, 0) is 29.9 Å². The Hall–Kier alpha value is -4.71. The number of rotatable bonds is 10. The molecule has 0 bridgehead atoms. The molecule has 4 aromatic carbocycles. The summed E-state index contributed by atoms with van der Waals surface area (Å²) in [5, 5.41) is 32.9. The molecule has 320 valence electrons. The number of sulfonamides is 2. The molecule has 6 aromatic rings. The third kappa shape index (κ3) is 7.87. The van der Waals surface area contributed by atoms with Gasteiger partial charge in [-0.3, -0.25) is 0 Å². The van der Waals surface area contributed by atoms with Crippen molar-refractivity contribution in [2.45, 2.75) is 19.8 Å². The summed E-state index contributed by atoms with van der Waals surface area (Å²) in [4.78, 5) is 3.24. The van der Waals surface area contributed by atoms with Gasteiger partial charge >= 0.3 is 30.1 Å². The van der Waals surface area contributed by atoms with Gasteiger partial charge in [-0.15, -0.1) is 0 Å². The van der Waals surface area contributed by atoms with Gasteiger partial charge in [-0.2, -0.15) is 8.61 Å². The average Bonchev–Trinajstić information content (AvgIpc) is 3.84. The van der Waals surface area contributed by atoms with Crippen LogP contribution < -0.4 is 29.4 Å². The topological polar surface area (TPSA) is 221 Å². The minimum atomic E-state index is -4.46. The second kappa shape index (κ2) is 16.5. The van der Waals surface area contributed by atoms with Crippen LogP contribution in [0.5, 0.6) is 11.9 Å². The highest BCUT2D eigenvalue weighted by Gasteiger charge is 2.42. The zero-order valence-electron chi connectivity index (χ0n) is 31.1. The van der Waals surface area contributed by atoms with Crippen LogP contribution in [-0.4, -0.2) is 96.8 Å². The molecule has 0 spiro atoms. The number of anilines is 2. The van der Waals surface area contributed by atoms with Gasteiger partial charge in [0.05, 0.1) is 51.8 Å². The molecule has 0 N–H and O–H groups in total. The summed E-state index contributed by atoms with van der Waals surface area (Å²) in [6.45, 7) is 0.779. The van der Waals surface area contributed by atoms with Crippen LogP contribution in [0.2, 0.25) is 20.1 Å². The molecule has 61 heavy (non-hydrogen) atoms. The molecule has 25 heteroatoms. The first-order chi connectivity index (χ1) is 29.0. The average molecular weight is 973 g/mol. The molecule has 0 atom stereocenters. The van der Waals surface area contributed by atoms with E-state index in [9.17, 15) is 35.5 Å². The van der Waals surface area contributed by atoms with Crippen LogP contribution in [0.25, 0.3) is 11.4 Å². The van der Waals surface area contributed by atoms with E-state index < -0.39 is 51.8 Å². The molecule has 0 unspecified atom stereocenters. The fourth-order valence-electron chi connectivity index (χ4n) is 7.04. The van der Waals surface area contributed by atoms with Crippen molar-refractivity contribution in [3.63, 3.8) is 0 Å². The summed E-state index contributed by atoms with van der Waals surface area (Å²) in [6.07, 6.45) is 0. The Labute approximate surface area is 368 Å². The molecule has 2 fully saturated rings. The maximum Gasteiger partial charge on any atom is 0.368 e. The van der Waals surface area contributed by atoms with Crippen LogP contribution in [0.1, 0.15) is 0 Å². The number of benzene rings is 4. The number of hydrogen-bond donors (Lipinski definition) is 0. The molecular weight excluding hydrogens is 942 g/mol. The predicted molar refractivity (Wildman–Crippen MR) is 215 cm³/mol.